The van der Waals surface area contributed by atoms with Crippen LogP contribution in [0.1, 0.15) is 44.2 Å². The van der Waals surface area contributed by atoms with E-state index in [9.17, 15) is 0 Å². The van der Waals surface area contributed by atoms with Crippen LogP contribution in [0, 0.1) is 6.92 Å². The first-order valence-corrected chi connectivity index (χ1v) is 10.7. The maximum absolute atomic E-state index is 6.10. The summed E-state index contributed by atoms with van der Waals surface area (Å²) < 4.78 is 7.70. The van der Waals surface area contributed by atoms with E-state index in [1.54, 1.807) is 0 Å². The Bertz CT molecular complexity index is 1050. The molecule has 1 saturated heterocycles. The number of fused-ring (bicyclic) bond motifs is 1. The molecule has 2 aliphatic rings. The zero-order valence-corrected chi connectivity index (χ0v) is 17.6. The molecule has 3 aromatic rings. The van der Waals surface area contributed by atoms with Crippen molar-refractivity contribution in [3.05, 3.63) is 36.0 Å². The highest BCUT2D eigenvalue weighted by molar-refractivity contribution is 5.76. The molecule has 3 heterocycles. The van der Waals surface area contributed by atoms with Gasteiger partial charge in [0.2, 0.25) is 11.9 Å². The Kier molecular flexibility index (Phi) is 4.83. The molecule has 0 unspecified atom stereocenters. The van der Waals surface area contributed by atoms with Crippen LogP contribution < -0.4 is 16.4 Å². The van der Waals surface area contributed by atoms with Gasteiger partial charge in [0.15, 0.2) is 5.65 Å². The highest BCUT2D eigenvalue weighted by atomic mass is 16.5. The predicted octanol–water partition coefficient (Wildman–Crippen LogP) is 3.52. The summed E-state index contributed by atoms with van der Waals surface area (Å²) in [7, 11) is 0. The number of hydrogen-bond donors (Lipinski definition) is 3. The third-order valence-electron chi connectivity index (χ3n) is 6.23. The molecule has 8 nitrogen and oxygen atoms in total. The molecule has 1 aromatic carbocycles. The van der Waals surface area contributed by atoms with Crippen LogP contribution in [0.5, 0.6) is 0 Å². The minimum atomic E-state index is -0.0573. The summed E-state index contributed by atoms with van der Waals surface area (Å²) in [5, 5.41) is 7.02. The van der Waals surface area contributed by atoms with Gasteiger partial charge >= 0.3 is 0 Å². The van der Waals surface area contributed by atoms with Gasteiger partial charge in [0, 0.05) is 36.5 Å². The second kappa shape index (κ2) is 7.52. The third kappa shape index (κ3) is 3.73. The lowest BCUT2D eigenvalue weighted by Gasteiger charge is -2.35. The zero-order chi connectivity index (χ0) is 20.7. The number of nitrogens with two attached hydrogens (primary N) is 1. The monoisotopic (exact) mass is 407 g/mol. The lowest BCUT2D eigenvalue weighted by molar-refractivity contribution is 0.0656. The smallest absolute Gasteiger partial charge is 0.225 e. The first-order valence-electron chi connectivity index (χ1n) is 10.7. The first kappa shape index (κ1) is 19.3. The summed E-state index contributed by atoms with van der Waals surface area (Å²) in [6.45, 7) is 5.80. The highest BCUT2D eigenvalue weighted by Crippen LogP contribution is 2.37. The third-order valence-corrected chi connectivity index (χ3v) is 6.23. The minimum Gasteiger partial charge on any atom is -0.381 e. The van der Waals surface area contributed by atoms with Crippen molar-refractivity contribution in [1.82, 2.24) is 19.5 Å². The number of rotatable bonds is 5. The molecule has 1 saturated carbocycles. The number of imidazole rings is 1. The van der Waals surface area contributed by atoms with Gasteiger partial charge in [0.05, 0.1) is 6.20 Å². The Morgan fingerprint density at radius 1 is 1.20 bits per heavy atom. The summed E-state index contributed by atoms with van der Waals surface area (Å²) in [5.74, 6) is 1.43. The van der Waals surface area contributed by atoms with E-state index >= 15 is 0 Å². The molecule has 0 amide bonds. The van der Waals surface area contributed by atoms with E-state index in [4.69, 9.17) is 20.4 Å². The minimum absolute atomic E-state index is 0.0573. The summed E-state index contributed by atoms with van der Waals surface area (Å²) in [4.78, 5) is 14.2. The Morgan fingerprint density at radius 3 is 2.73 bits per heavy atom. The maximum atomic E-state index is 6.10. The number of anilines is 3. The van der Waals surface area contributed by atoms with Crippen molar-refractivity contribution in [2.24, 2.45) is 5.73 Å². The molecular formula is C22H29N7O. The fourth-order valence-corrected chi connectivity index (χ4v) is 4.29. The summed E-state index contributed by atoms with van der Waals surface area (Å²) in [5.41, 5.74) is 9.88. The van der Waals surface area contributed by atoms with Crippen LogP contribution in [0.25, 0.3) is 11.2 Å². The zero-order valence-electron chi connectivity index (χ0n) is 17.6. The largest absolute Gasteiger partial charge is 0.381 e. The van der Waals surface area contributed by atoms with Crippen LogP contribution in [0.4, 0.5) is 17.6 Å². The number of ether oxygens (including phenoxy) is 1. The van der Waals surface area contributed by atoms with E-state index in [0.717, 1.165) is 61.7 Å². The predicted molar refractivity (Wildman–Crippen MR) is 118 cm³/mol. The van der Waals surface area contributed by atoms with Crippen LogP contribution in [-0.4, -0.2) is 44.3 Å². The fraction of sp³-hybridized carbons (Fsp3) is 0.500. The molecule has 5 rings (SSSR count). The first-order chi connectivity index (χ1) is 14.5. The van der Waals surface area contributed by atoms with Crippen molar-refractivity contribution in [1.29, 1.82) is 0 Å². The van der Waals surface area contributed by atoms with Gasteiger partial charge in [-0.15, -0.1) is 0 Å². The molecule has 0 atom stereocenters. The number of benzene rings is 1. The SMILES string of the molecule is Cc1cccc(Nc2nc3cnc(NC4(C)CCOCC4)nc3n2C2CC(N)C2)c1. The lowest BCUT2D eigenvalue weighted by atomic mass is 9.87. The van der Waals surface area contributed by atoms with Gasteiger partial charge in [-0.1, -0.05) is 12.1 Å². The van der Waals surface area contributed by atoms with Gasteiger partial charge < -0.3 is 21.1 Å². The standard InChI is InChI=1S/C22H29N7O/c1-14-4-3-5-16(10-14)25-21-26-18-13-24-20(28-22(2)6-8-30-9-7-22)27-19(18)29(21)17-11-15(23)12-17/h3-5,10,13,15,17H,6-9,11-12,23H2,1-2H3,(H,25,26)(H,24,27,28). The normalized spacial score (nSPS) is 23.2. The van der Waals surface area contributed by atoms with Crippen molar-refractivity contribution >= 4 is 28.7 Å². The molecule has 0 bridgehead atoms. The molecule has 30 heavy (non-hydrogen) atoms. The molecular weight excluding hydrogens is 378 g/mol. The van der Waals surface area contributed by atoms with Gasteiger partial charge in [-0.2, -0.15) is 4.98 Å². The second-order valence-corrected chi connectivity index (χ2v) is 8.89. The number of aromatic nitrogens is 4. The molecule has 2 aromatic heterocycles. The Balaban J connectivity index is 1.51. The van der Waals surface area contributed by atoms with Crippen LogP contribution in [0.15, 0.2) is 30.5 Å². The van der Waals surface area contributed by atoms with Crippen molar-refractivity contribution < 1.29 is 4.74 Å². The van der Waals surface area contributed by atoms with Gasteiger partial charge in [0.1, 0.15) is 5.52 Å². The molecule has 8 heteroatoms. The van der Waals surface area contributed by atoms with E-state index < -0.39 is 0 Å². The van der Waals surface area contributed by atoms with E-state index in [2.05, 4.69) is 46.2 Å². The van der Waals surface area contributed by atoms with Crippen LogP contribution in [0.3, 0.4) is 0 Å². The van der Waals surface area contributed by atoms with Gasteiger partial charge in [-0.3, -0.25) is 4.57 Å². The van der Waals surface area contributed by atoms with E-state index in [1.165, 1.54) is 5.56 Å². The molecule has 0 radical (unpaired) electrons. The van der Waals surface area contributed by atoms with Gasteiger partial charge in [-0.25, -0.2) is 9.97 Å². The summed E-state index contributed by atoms with van der Waals surface area (Å²) in [6, 6.07) is 8.81. The van der Waals surface area contributed by atoms with E-state index in [1.807, 2.05) is 18.3 Å². The van der Waals surface area contributed by atoms with Crippen molar-refractivity contribution in [2.45, 2.75) is 57.2 Å². The quantitative estimate of drug-likeness (QED) is 0.594. The molecule has 0 spiro atoms. The second-order valence-electron chi connectivity index (χ2n) is 8.89. The van der Waals surface area contributed by atoms with Crippen molar-refractivity contribution in [3.8, 4) is 0 Å². The average molecular weight is 408 g/mol. The number of hydrogen-bond acceptors (Lipinski definition) is 7. The molecule has 1 aliphatic carbocycles. The maximum Gasteiger partial charge on any atom is 0.225 e. The Labute approximate surface area is 176 Å². The summed E-state index contributed by atoms with van der Waals surface area (Å²) in [6.07, 6.45) is 5.53. The molecule has 1 aliphatic heterocycles. The summed E-state index contributed by atoms with van der Waals surface area (Å²) >= 11 is 0. The van der Waals surface area contributed by atoms with Crippen molar-refractivity contribution in [3.63, 3.8) is 0 Å². The van der Waals surface area contributed by atoms with E-state index in [-0.39, 0.29) is 11.6 Å². The van der Waals surface area contributed by atoms with Crippen LogP contribution in [-0.2, 0) is 4.74 Å². The number of nitrogens with zero attached hydrogens (tertiary/aromatic N) is 4. The fourth-order valence-electron chi connectivity index (χ4n) is 4.29. The molecule has 4 N–H and O–H groups in total. The average Bonchev–Trinajstić information content (AvgIpc) is 3.02. The Morgan fingerprint density at radius 2 is 2.00 bits per heavy atom. The topological polar surface area (TPSA) is 103 Å². The van der Waals surface area contributed by atoms with E-state index in [0.29, 0.717) is 12.0 Å². The van der Waals surface area contributed by atoms with Gasteiger partial charge in [-0.05, 0) is 57.2 Å². The van der Waals surface area contributed by atoms with Crippen LogP contribution in [0.2, 0.25) is 0 Å². The highest BCUT2D eigenvalue weighted by Gasteiger charge is 2.32. The van der Waals surface area contributed by atoms with Crippen molar-refractivity contribution in [2.75, 3.05) is 23.8 Å². The number of nitrogens with one attached hydrogen (secondary N) is 2. The molecule has 158 valence electrons. The molecule has 2 fully saturated rings. The lowest BCUT2D eigenvalue weighted by Crippen LogP contribution is -2.41. The Hall–Kier alpha value is -2.71. The number of aryl methyl sites for hydroxylation is 1. The van der Waals surface area contributed by atoms with Crippen LogP contribution >= 0.6 is 0 Å². The van der Waals surface area contributed by atoms with Gasteiger partial charge in [0.25, 0.3) is 0 Å².